The zero-order valence-corrected chi connectivity index (χ0v) is 12.3. The first-order valence-electron chi connectivity index (χ1n) is 7.55. The summed E-state index contributed by atoms with van der Waals surface area (Å²) in [6, 6.07) is 2.00. The molecule has 1 saturated heterocycles. The summed E-state index contributed by atoms with van der Waals surface area (Å²) in [5, 5.41) is 6.99. The second-order valence-corrected chi connectivity index (χ2v) is 5.48. The summed E-state index contributed by atoms with van der Waals surface area (Å²) < 4.78 is 2.07. The smallest absolute Gasteiger partial charge is 0.224 e. The third-order valence-electron chi connectivity index (χ3n) is 4.19. The number of hydrogen-bond acceptors (Lipinski definition) is 3. The molecule has 2 aromatic heterocycles. The highest BCUT2D eigenvalue weighted by Crippen LogP contribution is 2.25. The summed E-state index contributed by atoms with van der Waals surface area (Å²) in [5.74, 6) is 1.67. The van der Waals surface area contributed by atoms with Crippen molar-refractivity contribution in [3.63, 3.8) is 0 Å². The number of hydrogen-bond donors (Lipinski definition) is 1. The molecule has 0 bridgehead atoms. The lowest BCUT2D eigenvalue weighted by Gasteiger charge is -2.16. The lowest BCUT2D eigenvalue weighted by molar-refractivity contribution is -0.130. The van der Waals surface area contributed by atoms with E-state index < -0.39 is 0 Å². The van der Waals surface area contributed by atoms with Crippen LogP contribution in [0.15, 0.2) is 24.7 Å². The number of likely N-dealkylation sites (tertiary alicyclic amines) is 1. The Morgan fingerprint density at radius 3 is 3.14 bits per heavy atom. The Labute approximate surface area is 124 Å². The van der Waals surface area contributed by atoms with Crippen molar-refractivity contribution in [2.24, 2.45) is 0 Å². The molecule has 1 amide bonds. The molecule has 112 valence electrons. The normalized spacial score (nSPS) is 18.3. The van der Waals surface area contributed by atoms with Gasteiger partial charge in [-0.15, -0.1) is 0 Å². The lowest BCUT2D eigenvalue weighted by Crippen LogP contribution is -2.29. The number of carbonyl (C=O) groups is 1. The van der Waals surface area contributed by atoms with E-state index in [2.05, 4.69) is 26.7 Å². The first-order chi connectivity index (χ1) is 10.3. The molecule has 6 heteroatoms. The average molecular weight is 287 g/mol. The molecule has 1 aliphatic rings. The van der Waals surface area contributed by atoms with Crippen molar-refractivity contribution in [1.29, 1.82) is 0 Å². The Morgan fingerprint density at radius 1 is 1.48 bits per heavy atom. The van der Waals surface area contributed by atoms with Gasteiger partial charge in [-0.2, -0.15) is 5.10 Å². The number of rotatable bonds is 5. The molecule has 0 radical (unpaired) electrons. The number of imidazole rings is 1. The Bertz CT molecular complexity index is 589. The number of nitrogens with one attached hydrogen (secondary N) is 1. The van der Waals surface area contributed by atoms with Gasteiger partial charge in [0.2, 0.25) is 5.91 Å². The molecule has 0 aliphatic carbocycles. The molecular weight excluding hydrogens is 266 g/mol. The fraction of sp³-hybridized carbons (Fsp3) is 0.533. The van der Waals surface area contributed by atoms with Crippen molar-refractivity contribution in [2.45, 2.75) is 38.6 Å². The van der Waals surface area contributed by atoms with E-state index in [0.717, 1.165) is 37.4 Å². The van der Waals surface area contributed by atoms with Crippen LogP contribution in [0.5, 0.6) is 0 Å². The number of aromatic nitrogens is 4. The summed E-state index contributed by atoms with van der Waals surface area (Å²) in [5.41, 5.74) is 1.13. The molecular formula is C15H21N5O. The van der Waals surface area contributed by atoms with Crippen LogP contribution in [0.3, 0.4) is 0 Å². The van der Waals surface area contributed by atoms with E-state index in [0.29, 0.717) is 18.9 Å². The minimum Gasteiger partial charge on any atom is -0.342 e. The van der Waals surface area contributed by atoms with Crippen LogP contribution in [0.1, 0.15) is 37.2 Å². The molecule has 3 heterocycles. The van der Waals surface area contributed by atoms with Crippen LogP contribution in [0.4, 0.5) is 0 Å². The van der Waals surface area contributed by atoms with Gasteiger partial charge >= 0.3 is 0 Å². The zero-order valence-electron chi connectivity index (χ0n) is 12.3. The van der Waals surface area contributed by atoms with Crippen LogP contribution in [0.2, 0.25) is 0 Å². The Balaban J connectivity index is 1.52. The predicted octanol–water partition coefficient (Wildman–Crippen LogP) is 1.57. The molecule has 6 nitrogen and oxygen atoms in total. The van der Waals surface area contributed by atoms with Crippen LogP contribution >= 0.6 is 0 Å². The Hall–Kier alpha value is -2.11. The number of carbonyl (C=O) groups excluding carboxylic acids is 1. The highest BCUT2D eigenvalue weighted by Gasteiger charge is 2.27. The second kappa shape index (κ2) is 6.11. The van der Waals surface area contributed by atoms with E-state index >= 15 is 0 Å². The van der Waals surface area contributed by atoms with E-state index in [4.69, 9.17) is 0 Å². The van der Waals surface area contributed by atoms with Gasteiger partial charge in [-0.25, -0.2) is 4.98 Å². The predicted molar refractivity (Wildman–Crippen MR) is 78.7 cm³/mol. The first-order valence-corrected chi connectivity index (χ1v) is 7.55. The summed E-state index contributed by atoms with van der Waals surface area (Å²) in [4.78, 5) is 18.6. The van der Waals surface area contributed by atoms with E-state index in [1.54, 1.807) is 12.4 Å². The van der Waals surface area contributed by atoms with E-state index in [1.165, 1.54) is 0 Å². The maximum absolute atomic E-state index is 12.3. The van der Waals surface area contributed by atoms with E-state index in [1.807, 2.05) is 17.2 Å². The highest BCUT2D eigenvalue weighted by atomic mass is 16.2. The van der Waals surface area contributed by atoms with Gasteiger partial charge in [-0.05, 0) is 12.5 Å². The maximum Gasteiger partial charge on any atom is 0.224 e. The van der Waals surface area contributed by atoms with Crippen molar-refractivity contribution in [2.75, 3.05) is 13.1 Å². The van der Waals surface area contributed by atoms with Crippen LogP contribution in [-0.2, 0) is 17.8 Å². The fourth-order valence-electron chi connectivity index (χ4n) is 2.97. The second-order valence-electron chi connectivity index (χ2n) is 5.48. The van der Waals surface area contributed by atoms with Gasteiger partial charge in [0.25, 0.3) is 0 Å². The Morgan fingerprint density at radius 2 is 2.38 bits per heavy atom. The van der Waals surface area contributed by atoms with Crippen LogP contribution < -0.4 is 0 Å². The monoisotopic (exact) mass is 287 g/mol. The van der Waals surface area contributed by atoms with Crippen molar-refractivity contribution < 1.29 is 4.79 Å². The summed E-state index contributed by atoms with van der Waals surface area (Å²) >= 11 is 0. The molecule has 0 saturated carbocycles. The third kappa shape index (κ3) is 2.99. The number of amides is 1. The molecule has 1 N–H and O–H groups in total. The quantitative estimate of drug-likeness (QED) is 0.908. The van der Waals surface area contributed by atoms with Crippen LogP contribution in [0, 0.1) is 0 Å². The van der Waals surface area contributed by atoms with E-state index in [9.17, 15) is 4.79 Å². The maximum atomic E-state index is 12.3. The van der Waals surface area contributed by atoms with Gasteiger partial charge in [-0.1, -0.05) is 6.92 Å². The summed E-state index contributed by atoms with van der Waals surface area (Å²) in [6.07, 6.45) is 7.97. The topological polar surface area (TPSA) is 66.8 Å². The average Bonchev–Trinajstić information content (AvgIpc) is 3.24. The molecule has 1 atom stereocenters. The zero-order chi connectivity index (χ0) is 14.7. The SMILES string of the molecule is CCc1nccn1CCC(=O)N1CC[C@@H](c2ccn[nH]2)C1. The lowest BCUT2D eigenvalue weighted by atomic mass is 10.1. The van der Waals surface area contributed by atoms with Crippen LogP contribution in [-0.4, -0.2) is 43.6 Å². The number of nitrogens with zero attached hydrogens (tertiary/aromatic N) is 4. The molecule has 1 fully saturated rings. The Kier molecular flexibility index (Phi) is 4.03. The molecule has 3 rings (SSSR count). The molecule has 2 aromatic rings. The number of aryl methyl sites for hydroxylation is 2. The van der Waals surface area contributed by atoms with Gasteiger partial charge in [0.1, 0.15) is 5.82 Å². The third-order valence-corrected chi connectivity index (χ3v) is 4.19. The molecule has 21 heavy (non-hydrogen) atoms. The first kappa shape index (κ1) is 13.9. The van der Waals surface area contributed by atoms with Crippen molar-refractivity contribution in [3.05, 3.63) is 36.2 Å². The van der Waals surface area contributed by atoms with Crippen LogP contribution in [0.25, 0.3) is 0 Å². The largest absolute Gasteiger partial charge is 0.342 e. The molecule has 0 unspecified atom stereocenters. The van der Waals surface area contributed by atoms with Gasteiger partial charge in [0.05, 0.1) is 0 Å². The minimum absolute atomic E-state index is 0.229. The highest BCUT2D eigenvalue weighted by molar-refractivity contribution is 5.76. The van der Waals surface area contributed by atoms with E-state index in [-0.39, 0.29) is 5.91 Å². The summed E-state index contributed by atoms with van der Waals surface area (Å²) in [7, 11) is 0. The van der Waals surface area contributed by atoms with Crippen molar-refractivity contribution in [3.8, 4) is 0 Å². The van der Waals surface area contributed by atoms with Gasteiger partial charge < -0.3 is 9.47 Å². The molecule has 1 aliphatic heterocycles. The van der Waals surface area contributed by atoms with Crippen molar-refractivity contribution >= 4 is 5.91 Å². The van der Waals surface area contributed by atoms with Gasteiger partial charge in [-0.3, -0.25) is 9.89 Å². The van der Waals surface area contributed by atoms with Crippen molar-refractivity contribution in [1.82, 2.24) is 24.6 Å². The standard InChI is InChI=1S/C15H21N5O/c1-2-14-16-7-10-19(14)9-5-15(21)20-8-4-12(11-20)13-3-6-17-18-13/h3,6-7,10,12H,2,4-5,8-9,11H2,1H3,(H,17,18)/t12-/m1/s1. The summed E-state index contributed by atoms with van der Waals surface area (Å²) in [6.45, 7) is 4.43. The number of H-pyrrole nitrogens is 1. The molecule has 0 spiro atoms. The van der Waals surface area contributed by atoms with Gasteiger partial charge in [0.15, 0.2) is 0 Å². The molecule has 0 aromatic carbocycles. The fourth-order valence-corrected chi connectivity index (χ4v) is 2.97. The minimum atomic E-state index is 0.229. The number of aromatic amines is 1. The van der Waals surface area contributed by atoms with Gasteiger partial charge in [0, 0.05) is 62.7 Å².